The van der Waals surface area contributed by atoms with Crippen molar-refractivity contribution in [2.75, 3.05) is 23.1 Å². The van der Waals surface area contributed by atoms with E-state index in [1.807, 2.05) is 0 Å². The first-order valence-corrected chi connectivity index (χ1v) is 14.7. The van der Waals surface area contributed by atoms with E-state index in [4.69, 9.17) is 10.5 Å². The fraction of sp³-hybridized carbons (Fsp3) is 0.222. The summed E-state index contributed by atoms with van der Waals surface area (Å²) in [6, 6.07) is 13.5. The molecule has 2 aliphatic rings. The van der Waals surface area contributed by atoms with Crippen LogP contribution in [0.15, 0.2) is 73.9 Å². The molecule has 3 N–H and O–H groups in total. The zero-order chi connectivity index (χ0) is 28.4. The van der Waals surface area contributed by atoms with E-state index in [1.54, 1.807) is 48.4 Å². The fourth-order valence-electron chi connectivity index (χ4n) is 4.70. The summed E-state index contributed by atoms with van der Waals surface area (Å²) in [5, 5.41) is 21.8. The van der Waals surface area contributed by atoms with E-state index in [1.165, 1.54) is 29.2 Å². The zero-order valence-electron chi connectivity index (χ0n) is 21.1. The number of hydrogen-bond acceptors (Lipinski definition) is 10. The summed E-state index contributed by atoms with van der Waals surface area (Å²) in [6.45, 7) is 0. The van der Waals surface area contributed by atoms with Crippen LogP contribution in [0, 0.1) is 17.1 Å². The number of anilines is 2. The standard InChI is InChI=1S/C27H22BrFN6O3S2/c1-38-16-8-6-15(7-9-16)32-22(37)13-39-27-34-33-26(40-27)35-20-3-2-4-21(36)24(20)23(18(12-30)25(35)31)17-11-14(28)5-10-19(17)29/h5-11,23H,2-4,13,31H2,1H3,(H,32,37). The van der Waals surface area contributed by atoms with Crippen molar-refractivity contribution in [1.29, 1.82) is 5.26 Å². The number of Topliss-reactive ketones (excluding diaryl/α,β-unsaturated/α-hetero) is 1. The number of ether oxygens (including phenoxy) is 1. The van der Waals surface area contributed by atoms with Crippen molar-refractivity contribution in [2.24, 2.45) is 5.73 Å². The predicted octanol–water partition coefficient (Wildman–Crippen LogP) is 5.48. The van der Waals surface area contributed by atoms with E-state index in [0.717, 1.165) is 0 Å². The molecule has 1 aliphatic heterocycles. The summed E-state index contributed by atoms with van der Waals surface area (Å²) in [4.78, 5) is 27.3. The molecule has 0 bridgehead atoms. The van der Waals surface area contributed by atoms with Gasteiger partial charge in [0.25, 0.3) is 0 Å². The molecule has 1 aliphatic carbocycles. The molecule has 1 aromatic heterocycles. The molecule has 9 nitrogen and oxygen atoms in total. The zero-order valence-corrected chi connectivity index (χ0v) is 24.3. The van der Waals surface area contributed by atoms with Crippen molar-refractivity contribution in [2.45, 2.75) is 29.5 Å². The van der Waals surface area contributed by atoms with Gasteiger partial charge in [0, 0.05) is 33.4 Å². The maximum Gasteiger partial charge on any atom is 0.234 e. The predicted molar refractivity (Wildman–Crippen MR) is 154 cm³/mol. The molecule has 0 fully saturated rings. The van der Waals surface area contributed by atoms with Crippen LogP contribution in [0.4, 0.5) is 15.2 Å². The molecule has 0 radical (unpaired) electrons. The second-order valence-corrected chi connectivity index (χ2v) is 12.0. The van der Waals surface area contributed by atoms with E-state index in [-0.39, 0.29) is 40.8 Å². The second kappa shape index (κ2) is 11.8. The molecular formula is C27H22BrFN6O3S2. The Balaban J connectivity index is 1.41. The van der Waals surface area contributed by atoms with Crippen molar-refractivity contribution in [3.05, 3.63) is 81.0 Å². The highest BCUT2D eigenvalue weighted by atomic mass is 79.9. The lowest BCUT2D eigenvalue weighted by Gasteiger charge is -2.38. The number of halogens is 2. The molecule has 0 spiro atoms. The molecule has 2 heterocycles. The lowest BCUT2D eigenvalue weighted by Crippen LogP contribution is -2.38. The summed E-state index contributed by atoms with van der Waals surface area (Å²) in [5.74, 6) is -0.995. The molecule has 0 saturated carbocycles. The molecule has 1 amide bonds. The van der Waals surface area contributed by atoms with Crippen molar-refractivity contribution >= 4 is 61.5 Å². The SMILES string of the molecule is COc1ccc(NC(=O)CSc2nnc(N3C(N)=C(C#N)C(c4cc(Br)ccc4F)C4=C3CCCC4=O)s2)cc1. The number of benzene rings is 2. The van der Waals surface area contributed by atoms with E-state index in [9.17, 15) is 14.9 Å². The molecule has 1 unspecified atom stereocenters. The number of nitrogens with one attached hydrogen (secondary N) is 1. The minimum atomic E-state index is -0.926. The Bertz CT molecular complexity index is 1600. The first-order chi connectivity index (χ1) is 19.3. The minimum Gasteiger partial charge on any atom is -0.497 e. The van der Waals surface area contributed by atoms with Crippen LogP contribution in [0.2, 0.25) is 0 Å². The van der Waals surface area contributed by atoms with Gasteiger partial charge in [-0.1, -0.05) is 39.0 Å². The molecule has 3 aromatic rings. The van der Waals surface area contributed by atoms with Crippen molar-refractivity contribution in [1.82, 2.24) is 10.2 Å². The van der Waals surface area contributed by atoms with Gasteiger partial charge in [-0.2, -0.15) is 5.26 Å². The number of nitrogens with zero attached hydrogens (tertiary/aromatic N) is 4. The third-order valence-electron chi connectivity index (χ3n) is 6.47. The number of hydrogen-bond donors (Lipinski definition) is 2. The Morgan fingerprint density at radius 1 is 1.30 bits per heavy atom. The quantitative estimate of drug-likeness (QED) is 0.322. The van der Waals surface area contributed by atoms with Crippen molar-refractivity contribution in [3.8, 4) is 11.8 Å². The fourth-order valence-corrected chi connectivity index (χ4v) is 6.76. The van der Waals surface area contributed by atoms with Gasteiger partial charge in [-0.05, 0) is 55.3 Å². The van der Waals surface area contributed by atoms with Gasteiger partial charge in [-0.15, -0.1) is 10.2 Å². The highest BCUT2D eigenvalue weighted by Crippen LogP contribution is 2.47. The van der Waals surface area contributed by atoms with Crippen LogP contribution in [-0.4, -0.2) is 34.8 Å². The number of amides is 1. The summed E-state index contributed by atoms with van der Waals surface area (Å²) < 4.78 is 21.3. The summed E-state index contributed by atoms with van der Waals surface area (Å²) in [5.41, 5.74) is 8.37. The molecule has 40 heavy (non-hydrogen) atoms. The third kappa shape index (κ3) is 5.47. The lowest BCUT2D eigenvalue weighted by atomic mass is 9.75. The topological polar surface area (TPSA) is 134 Å². The largest absolute Gasteiger partial charge is 0.497 e. The van der Waals surface area contributed by atoms with Gasteiger partial charge in [-0.25, -0.2) is 4.39 Å². The molecular weight excluding hydrogens is 619 g/mol. The number of allylic oxidation sites excluding steroid dienone is 3. The first-order valence-electron chi connectivity index (χ1n) is 12.1. The highest BCUT2D eigenvalue weighted by molar-refractivity contribution is 9.10. The Hall–Kier alpha value is -3.73. The van der Waals surface area contributed by atoms with Crippen LogP contribution < -0.4 is 20.7 Å². The average molecular weight is 642 g/mol. The van der Waals surface area contributed by atoms with Gasteiger partial charge in [0.1, 0.15) is 17.4 Å². The molecule has 2 aromatic carbocycles. The third-order valence-corrected chi connectivity index (χ3v) is 9.00. The number of thioether (sulfide) groups is 1. The molecule has 5 rings (SSSR count). The first kappa shape index (κ1) is 27.8. The van der Waals surface area contributed by atoms with Crippen molar-refractivity contribution < 1.29 is 18.7 Å². The second-order valence-electron chi connectivity index (χ2n) is 8.90. The number of rotatable bonds is 7. The van der Waals surface area contributed by atoms with Crippen LogP contribution in [-0.2, 0) is 9.59 Å². The number of ketones is 1. The minimum absolute atomic E-state index is 0.0641. The number of nitriles is 1. The van der Waals surface area contributed by atoms with Crippen LogP contribution in [0.25, 0.3) is 0 Å². The highest BCUT2D eigenvalue weighted by Gasteiger charge is 2.42. The Kier molecular flexibility index (Phi) is 8.20. The molecule has 0 saturated heterocycles. The Labute approximate surface area is 246 Å². The molecule has 204 valence electrons. The van der Waals surface area contributed by atoms with E-state index in [0.29, 0.717) is 49.5 Å². The van der Waals surface area contributed by atoms with Gasteiger partial charge < -0.3 is 15.8 Å². The van der Waals surface area contributed by atoms with Crippen molar-refractivity contribution in [3.63, 3.8) is 0 Å². The summed E-state index contributed by atoms with van der Waals surface area (Å²) >= 11 is 5.75. The van der Waals surface area contributed by atoms with E-state index < -0.39 is 11.7 Å². The van der Waals surface area contributed by atoms with Gasteiger partial charge in [0.2, 0.25) is 11.0 Å². The Morgan fingerprint density at radius 3 is 2.80 bits per heavy atom. The van der Waals surface area contributed by atoms with Gasteiger partial charge >= 0.3 is 0 Å². The number of nitrogens with two attached hydrogens (primary N) is 1. The lowest BCUT2D eigenvalue weighted by molar-refractivity contribution is -0.116. The maximum atomic E-state index is 15.0. The normalized spacial score (nSPS) is 17.0. The van der Waals surface area contributed by atoms with Crippen LogP contribution in [0.5, 0.6) is 5.75 Å². The number of aromatic nitrogens is 2. The maximum absolute atomic E-state index is 15.0. The number of carbonyl (C=O) groups excluding carboxylic acids is 2. The van der Waals surface area contributed by atoms with Gasteiger partial charge in [-0.3, -0.25) is 14.5 Å². The monoisotopic (exact) mass is 640 g/mol. The number of methoxy groups -OCH3 is 1. The van der Waals surface area contributed by atoms with E-state index >= 15 is 4.39 Å². The Morgan fingerprint density at radius 2 is 2.08 bits per heavy atom. The van der Waals surface area contributed by atoms with Gasteiger partial charge in [0.15, 0.2) is 10.1 Å². The summed E-state index contributed by atoms with van der Waals surface area (Å²) in [6.07, 6.45) is 1.37. The smallest absolute Gasteiger partial charge is 0.234 e. The molecule has 13 heteroatoms. The van der Waals surface area contributed by atoms with Gasteiger partial charge in [0.05, 0.1) is 30.4 Å². The van der Waals surface area contributed by atoms with Crippen LogP contribution in [0.3, 0.4) is 0 Å². The average Bonchev–Trinajstić information content (AvgIpc) is 3.41. The van der Waals surface area contributed by atoms with Crippen LogP contribution in [0.1, 0.15) is 30.7 Å². The molecule has 1 atom stereocenters. The number of carbonyl (C=O) groups is 2. The summed E-state index contributed by atoms with van der Waals surface area (Å²) in [7, 11) is 1.57. The van der Waals surface area contributed by atoms with Crippen LogP contribution >= 0.6 is 39.0 Å². The van der Waals surface area contributed by atoms with E-state index in [2.05, 4.69) is 37.5 Å².